The number of amides is 1. The van der Waals surface area contributed by atoms with Gasteiger partial charge in [-0.25, -0.2) is 4.57 Å². The molecule has 0 heterocycles. The zero-order valence-corrected chi connectivity index (χ0v) is 26.7. The van der Waals surface area contributed by atoms with Crippen molar-refractivity contribution in [3.63, 3.8) is 0 Å². The summed E-state index contributed by atoms with van der Waals surface area (Å²) in [5, 5.41) is 13.4. The number of aliphatic hydroxyl groups excluding tert-OH is 1. The molecule has 3 unspecified atom stereocenters. The Morgan fingerprint density at radius 3 is 2.02 bits per heavy atom. The Morgan fingerprint density at radius 2 is 1.37 bits per heavy atom. The standard InChI is InChI=1S/C32H59N2O6P/c1-3-5-7-9-11-13-14-15-16-17-18-20-22-24-26-32(36)34-30(29-40-41(37,38)39-28-27-33)31(35)25-23-21-19-12-10-8-6-4-2/h9-12,14-15,23,25,30-31,35H,3-8,13,16-22,24,26-29,33H2,1-2H3,(H,34,36)(H,37,38)/b11-9-,12-10+,15-14-,25-23+. The van der Waals surface area contributed by atoms with Gasteiger partial charge in [-0.2, -0.15) is 0 Å². The number of phosphoric acid groups is 1. The minimum absolute atomic E-state index is 0.0693. The first-order chi connectivity index (χ1) is 19.9. The summed E-state index contributed by atoms with van der Waals surface area (Å²) < 4.78 is 21.8. The fourth-order valence-electron chi connectivity index (χ4n) is 3.91. The van der Waals surface area contributed by atoms with Crippen molar-refractivity contribution in [1.29, 1.82) is 0 Å². The lowest BCUT2D eigenvalue weighted by Crippen LogP contribution is -2.45. The maximum absolute atomic E-state index is 12.6. The summed E-state index contributed by atoms with van der Waals surface area (Å²) in [6.07, 6.45) is 31.7. The van der Waals surface area contributed by atoms with Gasteiger partial charge in [0.1, 0.15) is 0 Å². The van der Waals surface area contributed by atoms with E-state index in [9.17, 15) is 19.4 Å². The summed E-state index contributed by atoms with van der Waals surface area (Å²) in [5.41, 5.74) is 5.32. The molecule has 5 N–H and O–H groups in total. The second-order valence-electron chi connectivity index (χ2n) is 10.3. The van der Waals surface area contributed by atoms with Gasteiger partial charge in [0, 0.05) is 13.0 Å². The average Bonchev–Trinajstić information content (AvgIpc) is 2.95. The number of phosphoric ester groups is 1. The maximum Gasteiger partial charge on any atom is 0.472 e. The first-order valence-electron chi connectivity index (χ1n) is 15.8. The van der Waals surface area contributed by atoms with Gasteiger partial charge in [0.15, 0.2) is 0 Å². The van der Waals surface area contributed by atoms with Crippen molar-refractivity contribution in [3.05, 3.63) is 48.6 Å². The van der Waals surface area contributed by atoms with E-state index in [1.165, 1.54) is 32.1 Å². The SMILES string of the molecule is CCCC/C=C\C/C=C\CCCCCCCC(=O)NC(COP(=O)(O)OCCN)C(O)/C=C/CC/C=C/CCCC. The van der Waals surface area contributed by atoms with Crippen LogP contribution in [0.3, 0.4) is 0 Å². The number of carbonyl (C=O) groups excluding carboxylic acids is 1. The summed E-state index contributed by atoms with van der Waals surface area (Å²) in [5.74, 6) is -0.226. The van der Waals surface area contributed by atoms with Gasteiger partial charge in [0.05, 0.1) is 25.4 Å². The Labute approximate surface area is 250 Å². The average molecular weight is 599 g/mol. The molecule has 41 heavy (non-hydrogen) atoms. The number of aliphatic hydroxyl groups is 1. The summed E-state index contributed by atoms with van der Waals surface area (Å²) in [6, 6.07) is -0.880. The molecule has 0 aromatic heterocycles. The van der Waals surface area contributed by atoms with Crippen molar-refractivity contribution < 1.29 is 28.4 Å². The van der Waals surface area contributed by atoms with Gasteiger partial charge < -0.3 is 21.1 Å². The molecule has 0 bridgehead atoms. The third-order valence-corrected chi connectivity index (χ3v) is 7.36. The lowest BCUT2D eigenvalue weighted by atomic mass is 10.1. The molecule has 8 nitrogen and oxygen atoms in total. The van der Waals surface area contributed by atoms with Crippen LogP contribution in [-0.4, -0.2) is 47.8 Å². The predicted molar refractivity (Wildman–Crippen MR) is 171 cm³/mol. The number of allylic oxidation sites excluding steroid dienone is 7. The highest BCUT2D eigenvalue weighted by molar-refractivity contribution is 7.47. The molecule has 3 atom stereocenters. The number of rotatable bonds is 28. The number of nitrogens with one attached hydrogen (secondary N) is 1. The van der Waals surface area contributed by atoms with E-state index in [0.717, 1.165) is 64.2 Å². The molecule has 0 fully saturated rings. The van der Waals surface area contributed by atoms with Crippen LogP contribution in [0.1, 0.15) is 117 Å². The predicted octanol–water partition coefficient (Wildman–Crippen LogP) is 7.43. The van der Waals surface area contributed by atoms with Crippen LogP contribution in [0, 0.1) is 0 Å². The fraction of sp³-hybridized carbons (Fsp3) is 0.719. The van der Waals surface area contributed by atoms with Crippen molar-refractivity contribution >= 4 is 13.7 Å². The van der Waals surface area contributed by atoms with E-state index in [4.69, 9.17) is 14.8 Å². The lowest BCUT2D eigenvalue weighted by Gasteiger charge is -2.23. The third kappa shape index (κ3) is 27.1. The normalized spacial score (nSPS) is 15.3. The molecule has 0 aromatic carbocycles. The second-order valence-corrected chi connectivity index (χ2v) is 11.8. The Balaban J connectivity index is 4.45. The smallest absolute Gasteiger partial charge is 0.387 e. The van der Waals surface area contributed by atoms with Gasteiger partial charge in [0.25, 0.3) is 0 Å². The zero-order valence-electron chi connectivity index (χ0n) is 25.8. The van der Waals surface area contributed by atoms with E-state index in [-0.39, 0.29) is 25.7 Å². The molecule has 0 aliphatic carbocycles. The molecule has 0 spiro atoms. The molecule has 9 heteroatoms. The molecule has 0 saturated carbocycles. The Morgan fingerprint density at radius 1 is 0.805 bits per heavy atom. The molecule has 0 aromatic rings. The molecule has 0 aliphatic heterocycles. The number of carbonyl (C=O) groups is 1. The zero-order chi connectivity index (χ0) is 30.4. The van der Waals surface area contributed by atoms with Gasteiger partial charge in [-0.3, -0.25) is 13.8 Å². The van der Waals surface area contributed by atoms with Crippen LogP contribution < -0.4 is 11.1 Å². The molecular weight excluding hydrogens is 539 g/mol. The summed E-state index contributed by atoms with van der Waals surface area (Å²) in [7, 11) is -4.33. The van der Waals surface area contributed by atoms with Gasteiger partial charge >= 0.3 is 7.82 Å². The summed E-state index contributed by atoms with van der Waals surface area (Å²) in [6.45, 7) is 3.94. The van der Waals surface area contributed by atoms with Gasteiger partial charge in [-0.05, 0) is 51.4 Å². The first-order valence-corrected chi connectivity index (χ1v) is 17.3. The van der Waals surface area contributed by atoms with E-state index >= 15 is 0 Å². The van der Waals surface area contributed by atoms with Crippen molar-refractivity contribution in [3.8, 4) is 0 Å². The van der Waals surface area contributed by atoms with Gasteiger partial charge in [-0.15, -0.1) is 0 Å². The monoisotopic (exact) mass is 598 g/mol. The Bertz CT molecular complexity index is 784. The number of hydrogen-bond acceptors (Lipinski definition) is 6. The van der Waals surface area contributed by atoms with Gasteiger partial charge in [0.2, 0.25) is 5.91 Å². The summed E-state index contributed by atoms with van der Waals surface area (Å²) >= 11 is 0. The molecule has 0 rings (SSSR count). The van der Waals surface area contributed by atoms with Crippen LogP contribution in [0.2, 0.25) is 0 Å². The third-order valence-electron chi connectivity index (χ3n) is 6.38. The lowest BCUT2D eigenvalue weighted by molar-refractivity contribution is -0.123. The van der Waals surface area contributed by atoms with Crippen LogP contribution >= 0.6 is 7.82 Å². The minimum Gasteiger partial charge on any atom is -0.387 e. The first kappa shape index (κ1) is 39.5. The minimum atomic E-state index is -4.33. The largest absolute Gasteiger partial charge is 0.472 e. The van der Waals surface area contributed by atoms with E-state index in [0.29, 0.717) is 6.42 Å². The van der Waals surface area contributed by atoms with Crippen LogP contribution in [0.4, 0.5) is 0 Å². The quantitative estimate of drug-likeness (QED) is 0.0418. The van der Waals surface area contributed by atoms with E-state index < -0.39 is 20.0 Å². The maximum atomic E-state index is 12.6. The molecule has 238 valence electrons. The van der Waals surface area contributed by atoms with Crippen LogP contribution in [0.5, 0.6) is 0 Å². The van der Waals surface area contributed by atoms with Crippen LogP contribution in [0.25, 0.3) is 0 Å². The van der Waals surface area contributed by atoms with E-state index in [1.807, 2.05) is 6.08 Å². The summed E-state index contributed by atoms with van der Waals surface area (Å²) in [4.78, 5) is 22.4. The topological polar surface area (TPSA) is 131 Å². The van der Waals surface area contributed by atoms with Crippen molar-refractivity contribution in [2.75, 3.05) is 19.8 Å². The van der Waals surface area contributed by atoms with Gasteiger partial charge in [-0.1, -0.05) is 107 Å². The Kier molecular flexibility index (Phi) is 27.5. The molecule has 0 aliphatic rings. The van der Waals surface area contributed by atoms with E-state index in [2.05, 4.69) is 55.6 Å². The second kappa shape index (κ2) is 28.6. The number of hydrogen-bond donors (Lipinski definition) is 4. The highest BCUT2D eigenvalue weighted by Gasteiger charge is 2.26. The van der Waals surface area contributed by atoms with E-state index in [1.54, 1.807) is 6.08 Å². The van der Waals surface area contributed by atoms with Crippen molar-refractivity contribution in [2.45, 2.75) is 129 Å². The number of nitrogens with two attached hydrogens (primary N) is 1. The van der Waals surface area contributed by atoms with Crippen molar-refractivity contribution in [2.24, 2.45) is 5.73 Å². The molecule has 0 radical (unpaired) electrons. The highest BCUT2D eigenvalue weighted by atomic mass is 31.2. The van der Waals surface area contributed by atoms with Crippen LogP contribution in [0.15, 0.2) is 48.6 Å². The highest BCUT2D eigenvalue weighted by Crippen LogP contribution is 2.43. The fourth-order valence-corrected chi connectivity index (χ4v) is 4.67. The molecule has 0 saturated heterocycles. The van der Waals surface area contributed by atoms with Crippen LogP contribution in [-0.2, 0) is 18.4 Å². The van der Waals surface area contributed by atoms with Crippen molar-refractivity contribution in [1.82, 2.24) is 5.32 Å². The number of unbranched alkanes of at least 4 members (excludes halogenated alkanes) is 10. The molecule has 1 amide bonds. The Hall–Kier alpha value is -1.54. The molecular formula is C32H59N2O6P.